The van der Waals surface area contributed by atoms with E-state index in [9.17, 15) is 9.59 Å². The van der Waals surface area contributed by atoms with Gasteiger partial charge in [0.25, 0.3) is 11.8 Å². The summed E-state index contributed by atoms with van der Waals surface area (Å²) in [5.74, 6) is -0.396. The molecule has 0 radical (unpaired) electrons. The van der Waals surface area contributed by atoms with E-state index < -0.39 is 11.8 Å². The Morgan fingerprint density at radius 3 is 2.46 bits per heavy atom. The highest BCUT2D eigenvalue weighted by Gasteiger charge is 2.05. The summed E-state index contributed by atoms with van der Waals surface area (Å²) in [6.07, 6.45) is 2.74. The molecule has 0 heterocycles. The molecule has 2 amide bonds. The lowest BCUT2D eigenvalue weighted by Gasteiger charge is -2.09. The molecule has 0 spiro atoms. The summed E-state index contributed by atoms with van der Waals surface area (Å²) in [5.41, 5.74) is 7.21. The van der Waals surface area contributed by atoms with E-state index in [-0.39, 0.29) is 6.61 Å². The minimum Gasteiger partial charge on any atom is -0.484 e. The van der Waals surface area contributed by atoms with E-state index in [1.807, 2.05) is 32.0 Å². The molecule has 2 aromatic carbocycles. The average Bonchev–Trinajstić information content (AvgIpc) is 2.58. The minimum absolute atomic E-state index is 0.215. The fraction of sp³-hybridized carbons (Fsp3) is 0.158. The average molecular weight is 393 g/mol. The van der Waals surface area contributed by atoms with Crippen LogP contribution in [0.4, 0.5) is 0 Å². The zero-order chi connectivity index (χ0) is 19.1. The van der Waals surface area contributed by atoms with Crippen LogP contribution in [-0.2, 0) is 9.59 Å². The minimum atomic E-state index is -0.513. The van der Waals surface area contributed by atoms with Crippen molar-refractivity contribution in [1.29, 1.82) is 0 Å². The number of hydrazine groups is 1. The van der Waals surface area contributed by atoms with E-state index in [4.69, 9.17) is 27.9 Å². The van der Waals surface area contributed by atoms with Crippen LogP contribution in [0.25, 0.3) is 6.08 Å². The second-order valence-electron chi connectivity index (χ2n) is 5.63. The van der Waals surface area contributed by atoms with E-state index >= 15 is 0 Å². The molecule has 0 aliphatic rings. The maximum atomic E-state index is 11.8. The molecular formula is C19H18Cl2N2O3. The highest BCUT2D eigenvalue weighted by atomic mass is 35.5. The zero-order valence-corrected chi connectivity index (χ0v) is 15.8. The third-order valence-electron chi connectivity index (χ3n) is 3.29. The van der Waals surface area contributed by atoms with Crippen molar-refractivity contribution in [2.75, 3.05) is 6.61 Å². The molecule has 0 unspecified atom stereocenters. The molecule has 0 fully saturated rings. The number of rotatable bonds is 5. The van der Waals surface area contributed by atoms with E-state index in [1.165, 1.54) is 12.2 Å². The van der Waals surface area contributed by atoms with Crippen LogP contribution in [0.2, 0.25) is 10.0 Å². The number of ether oxygens (including phenoxy) is 1. The number of amides is 2. The predicted octanol–water partition coefficient (Wildman–Crippen LogP) is 3.85. The molecule has 0 aliphatic carbocycles. The summed E-state index contributed by atoms with van der Waals surface area (Å²) in [5, 5.41) is 0.746. The van der Waals surface area contributed by atoms with Crippen molar-refractivity contribution in [3.8, 4) is 5.75 Å². The smallest absolute Gasteiger partial charge is 0.276 e. The summed E-state index contributed by atoms with van der Waals surface area (Å²) < 4.78 is 5.41. The number of carbonyl (C=O) groups is 2. The molecule has 2 N–H and O–H groups in total. The van der Waals surface area contributed by atoms with Gasteiger partial charge in [-0.1, -0.05) is 41.4 Å². The molecular weight excluding hydrogens is 375 g/mol. The van der Waals surface area contributed by atoms with Crippen LogP contribution in [0.1, 0.15) is 16.7 Å². The van der Waals surface area contributed by atoms with Gasteiger partial charge in [-0.25, -0.2) is 0 Å². The molecule has 5 nitrogen and oxygen atoms in total. The Labute approximate surface area is 161 Å². The lowest BCUT2D eigenvalue weighted by molar-refractivity contribution is -0.128. The molecule has 136 valence electrons. The lowest BCUT2D eigenvalue weighted by atomic mass is 10.1. The normalized spacial score (nSPS) is 10.6. The van der Waals surface area contributed by atoms with Gasteiger partial charge in [-0.05, 0) is 54.8 Å². The van der Waals surface area contributed by atoms with Crippen LogP contribution in [0, 0.1) is 13.8 Å². The third kappa shape index (κ3) is 6.10. The van der Waals surface area contributed by atoms with Crippen LogP contribution >= 0.6 is 23.2 Å². The van der Waals surface area contributed by atoms with Crippen molar-refractivity contribution >= 4 is 41.1 Å². The lowest BCUT2D eigenvalue weighted by Crippen LogP contribution is -2.43. The van der Waals surface area contributed by atoms with Crippen molar-refractivity contribution in [1.82, 2.24) is 10.9 Å². The number of halogens is 2. The van der Waals surface area contributed by atoms with Gasteiger partial charge in [0.05, 0.1) is 10.0 Å². The quantitative estimate of drug-likeness (QED) is 0.599. The molecule has 7 heteroatoms. The third-order valence-corrected chi connectivity index (χ3v) is 4.12. The fourth-order valence-corrected chi connectivity index (χ4v) is 2.56. The zero-order valence-electron chi connectivity index (χ0n) is 14.3. The molecule has 2 aromatic rings. The van der Waals surface area contributed by atoms with Gasteiger partial charge >= 0.3 is 0 Å². The first-order valence-electron chi connectivity index (χ1n) is 7.77. The number of benzene rings is 2. The molecule has 0 aliphatic heterocycles. The van der Waals surface area contributed by atoms with Gasteiger partial charge in [0.1, 0.15) is 5.75 Å². The first-order chi connectivity index (χ1) is 12.3. The van der Waals surface area contributed by atoms with Crippen LogP contribution in [0.15, 0.2) is 42.5 Å². The van der Waals surface area contributed by atoms with Gasteiger partial charge in [0, 0.05) is 6.08 Å². The molecule has 0 aromatic heterocycles. The van der Waals surface area contributed by atoms with Gasteiger partial charge in [0.15, 0.2) is 6.61 Å². The second kappa shape index (κ2) is 9.27. The van der Waals surface area contributed by atoms with E-state index in [2.05, 4.69) is 10.9 Å². The monoisotopic (exact) mass is 392 g/mol. The molecule has 2 rings (SSSR count). The number of nitrogens with one attached hydrogen (secondary N) is 2. The van der Waals surface area contributed by atoms with Crippen molar-refractivity contribution < 1.29 is 14.3 Å². The standard InChI is InChI=1S/C19H18Cl2N2O3/c1-12-8-13(2)10-15(9-12)26-11-18(25)23-22-17(24)7-6-14-4-3-5-16(20)19(14)21/h3-10H,11H2,1-2H3,(H,22,24)(H,23,25)/b7-6+. The van der Waals surface area contributed by atoms with Crippen LogP contribution in [0.5, 0.6) is 5.75 Å². The van der Waals surface area contributed by atoms with Gasteiger partial charge in [-0.2, -0.15) is 0 Å². The Balaban J connectivity index is 1.80. The number of hydrogen-bond acceptors (Lipinski definition) is 3. The number of hydrogen-bond donors (Lipinski definition) is 2. The van der Waals surface area contributed by atoms with Crippen LogP contribution in [-0.4, -0.2) is 18.4 Å². The maximum absolute atomic E-state index is 11.8. The molecule has 0 atom stereocenters. The van der Waals surface area contributed by atoms with Gasteiger partial charge in [-0.3, -0.25) is 20.4 Å². The predicted molar refractivity (Wildman–Crippen MR) is 103 cm³/mol. The van der Waals surface area contributed by atoms with Crippen molar-refractivity contribution in [2.45, 2.75) is 13.8 Å². The van der Waals surface area contributed by atoms with Crippen molar-refractivity contribution in [3.05, 3.63) is 69.2 Å². The summed E-state index contributed by atoms with van der Waals surface area (Å²) in [6.45, 7) is 3.67. The van der Waals surface area contributed by atoms with E-state index in [1.54, 1.807) is 18.2 Å². The first kappa shape index (κ1) is 19.8. The number of carbonyl (C=O) groups excluding carboxylic acids is 2. The Hall–Kier alpha value is -2.50. The van der Waals surface area contributed by atoms with Crippen molar-refractivity contribution in [3.63, 3.8) is 0 Å². The summed E-state index contributed by atoms with van der Waals surface area (Å²) >= 11 is 11.9. The molecule has 0 bridgehead atoms. The van der Waals surface area contributed by atoms with E-state index in [0.717, 1.165) is 11.1 Å². The highest BCUT2D eigenvalue weighted by molar-refractivity contribution is 6.42. The highest BCUT2D eigenvalue weighted by Crippen LogP contribution is 2.26. The fourth-order valence-electron chi connectivity index (χ4n) is 2.19. The Kier molecular flexibility index (Phi) is 7.06. The van der Waals surface area contributed by atoms with Crippen LogP contribution in [0.3, 0.4) is 0 Å². The number of aryl methyl sites for hydroxylation is 2. The van der Waals surface area contributed by atoms with E-state index in [0.29, 0.717) is 21.4 Å². The second-order valence-corrected chi connectivity index (χ2v) is 6.41. The topological polar surface area (TPSA) is 67.4 Å². The molecule has 26 heavy (non-hydrogen) atoms. The Bertz CT molecular complexity index is 830. The SMILES string of the molecule is Cc1cc(C)cc(OCC(=O)NNC(=O)/C=C/c2cccc(Cl)c2Cl)c1. The summed E-state index contributed by atoms with van der Waals surface area (Å²) in [6, 6.07) is 10.8. The van der Waals surface area contributed by atoms with Gasteiger partial charge in [0.2, 0.25) is 0 Å². The largest absolute Gasteiger partial charge is 0.484 e. The maximum Gasteiger partial charge on any atom is 0.276 e. The Morgan fingerprint density at radius 2 is 1.77 bits per heavy atom. The molecule has 0 saturated carbocycles. The van der Waals surface area contributed by atoms with Crippen LogP contribution < -0.4 is 15.6 Å². The summed E-state index contributed by atoms with van der Waals surface area (Å²) in [7, 11) is 0. The van der Waals surface area contributed by atoms with Crippen molar-refractivity contribution in [2.24, 2.45) is 0 Å². The Morgan fingerprint density at radius 1 is 1.08 bits per heavy atom. The van der Waals surface area contributed by atoms with Gasteiger partial charge < -0.3 is 4.74 Å². The molecule has 0 saturated heterocycles. The summed E-state index contributed by atoms with van der Waals surface area (Å²) in [4.78, 5) is 23.5. The first-order valence-corrected chi connectivity index (χ1v) is 8.53. The van der Waals surface area contributed by atoms with Gasteiger partial charge in [-0.15, -0.1) is 0 Å².